The summed E-state index contributed by atoms with van der Waals surface area (Å²) in [5.74, 6) is -2.50. The molecule has 12 heteroatoms. The Bertz CT molecular complexity index is 1330. The van der Waals surface area contributed by atoms with Crippen LogP contribution in [0.2, 0.25) is 0 Å². The van der Waals surface area contributed by atoms with E-state index in [1.165, 1.54) is 6.07 Å². The fourth-order valence-corrected chi connectivity index (χ4v) is 4.03. The zero-order valence-electron chi connectivity index (χ0n) is 19.4. The summed E-state index contributed by atoms with van der Waals surface area (Å²) in [6, 6.07) is 13.6. The lowest BCUT2D eigenvalue weighted by molar-refractivity contribution is -0.140. The fraction of sp³-hybridized carbons (Fsp3) is 0.231. The minimum Gasteiger partial charge on any atom is -0.337 e. The van der Waals surface area contributed by atoms with Crippen LogP contribution in [-0.4, -0.2) is 25.3 Å². The first-order chi connectivity index (χ1) is 17.7. The van der Waals surface area contributed by atoms with Crippen molar-refractivity contribution in [3.05, 3.63) is 106 Å². The summed E-state index contributed by atoms with van der Waals surface area (Å²) >= 11 is 0. The van der Waals surface area contributed by atoms with Crippen molar-refractivity contribution >= 4 is 6.03 Å². The predicted molar refractivity (Wildman–Crippen MR) is 121 cm³/mol. The Balaban J connectivity index is 2.24. The van der Waals surface area contributed by atoms with E-state index in [-0.39, 0.29) is 23.1 Å². The molecule has 0 saturated heterocycles. The largest absolute Gasteiger partial charge is 0.419 e. The summed E-state index contributed by atoms with van der Waals surface area (Å²) < 4.78 is 107. The summed E-state index contributed by atoms with van der Waals surface area (Å²) in [7, 11) is 0. The van der Waals surface area contributed by atoms with Gasteiger partial charge in [0.05, 0.1) is 17.2 Å². The number of nitrogens with one attached hydrogen (secondary N) is 2. The molecule has 4 nitrogen and oxygen atoms in total. The number of carbonyl (C=O) groups is 1. The molecule has 3 rings (SSSR count). The summed E-state index contributed by atoms with van der Waals surface area (Å²) in [4.78, 5) is 12.2. The van der Waals surface area contributed by atoms with Gasteiger partial charge in [0.1, 0.15) is 18.2 Å². The van der Waals surface area contributed by atoms with Crippen molar-refractivity contribution in [1.82, 2.24) is 10.6 Å². The topological polar surface area (TPSA) is 64.9 Å². The molecular weight excluding hydrogens is 522 g/mol. The molecule has 0 aliphatic carbocycles. The van der Waals surface area contributed by atoms with Gasteiger partial charge in [-0.15, -0.1) is 0 Å². The highest BCUT2D eigenvalue weighted by Crippen LogP contribution is 2.40. The van der Waals surface area contributed by atoms with Crippen LogP contribution in [0.3, 0.4) is 0 Å². The Morgan fingerprint density at radius 1 is 0.816 bits per heavy atom. The van der Waals surface area contributed by atoms with Gasteiger partial charge in [-0.3, -0.25) is 0 Å². The number of hydrogen-bond donors (Lipinski definition) is 2. The van der Waals surface area contributed by atoms with Gasteiger partial charge in [-0.25, -0.2) is 13.6 Å². The molecule has 200 valence electrons. The van der Waals surface area contributed by atoms with Crippen LogP contribution >= 0.6 is 0 Å². The van der Waals surface area contributed by atoms with E-state index in [2.05, 4.69) is 5.32 Å². The second kappa shape index (κ2) is 11.1. The van der Waals surface area contributed by atoms with E-state index in [0.29, 0.717) is 17.7 Å². The summed E-state index contributed by atoms with van der Waals surface area (Å²) in [6.07, 6.45) is -10.1. The molecule has 0 spiro atoms. The number of amides is 2. The molecule has 0 aliphatic heterocycles. The van der Waals surface area contributed by atoms with Crippen LogP contribution in [0.15, 0.2) is 66.7 Å². The minimum atomic E-state index is -5.12. The second-order valence-electron chi connectivity index (χ2n) is 8.43. The zero-order valence-corrected chi connectivity index (χ0v) is 19.4. The van der Waals surface area contributed by atoms with Gasteiger partial charge in [0.2, 0.25) is 0 Å². The van der Waals surface area contributed by atoms with E-state index in [1.807, 2.05) is 0 Å². The highest BCUT2D eigenvalue weighted by atomic mass is 19.4. The normalized spacial score (nSPS) is 13.3. The van der Waals surface area contributed by atoms with Crippen LogP contribution < -0.4 is 10.6 Å². The van der Waals surface area contributed by atoms with Gasteiger partial charge in [0, 0.05) is 12.0 Å². The molecule has 3 aromatic carbocycles. The van der Waals surface area contributed by atoms with Gasteiger partial charge in [-0.2, -0.15) is 31.6 Å². The van der Waals surface area contributed by atoms with Crippen molar-refractivity contribution in [2.45, 2.75) is 24.2 Å². The first-order valence-corrected chi connectivity index (χ1v) is 10.9. The molecular formula is C26H19F8N3O. The Morgan fingerprint density at radius 2 is 1.47 bits per heavy atom. The molecule has 0 aromatic heterocycles. The number of carbonyl (C=O) groups excluding carboxylic acids is 1. The van der Waals surface area contributed by atoms with E-state index >= 15 is 0 Å². The van der Waals surface area contributed by atoms with Crippen LogP contribution in [0.1, 0.15) is 27.8 Å². The van der Waals surface area contributed by atoms with Crippen molar-refractivity contribution in [3.63, 3.8) is 0 Å². The number of rotatable bonds is 7. The van der Waals surface area contributed by atoms with Gasteiger partial charge in [0.25, 0.3) is 0 Å². The standard InChI is InChI=1S/C26H19F8N3O/c27-20-9-17(13-35)8-19(10-20)24(12-16-4-2-1-3-5-16,14-36-23(38)37-15-25(29,30)31)18-6-7-22(28)21(11-18)26(32,33)34/h1-11H,12,14-15H2,(H2,36,37,38)/t24-/m1/s1. The molecule has 0 radical (unpaired) electrons. The molecule has 0 saturated carbocycles. The Hall–Kier alpha value is -4.14. The molecule has 0 heterocycles. The predicted octanol–water partition coefficient (Wildman–Crippen LogP) is 6.25. The number of nitrogens with zero attached hydrogens (tertiary/aromatic N) is 1. The maximum atomic E-state index is 14.6. The lowest BCUT2D eigenvalue weighted by atomic mass is 9.69. The number of halogens is 8. The van der Waals surface area contributed by atoms with Crippen LogP contribution in [0.5, 0.6) is 0 Å². The molecule has 38 heavy (non-hydrogen) atoms. The van der Waals surface area contributed by atoms with E-state index < -0.39 is 54.1 Å². The summed E-state index contributed by atoms with van der Waals surface area (Å²) in [6.45, 7) is -2.32. The number of nitriles is 1. The van der Waals surface area contributed by atoms with Gasteiger partial charge in [0.15, 0.2) is 0 Å². The maximum Gasteiger partial charge on any atom is 0.419 e. The Kier molecular flexibility index (Phi) is 8.29. The van der Waals surface area contributed by atoms with Gasteiger partial charge in [-0.05, 0) is 53.4 Å². The van der Waals surface area contributed by atoms with Crippen LogP contribution in [0, 0.1) is 23.0 Å². The molecule has 2 amide bonds. The lowest BCUT2D eigenvalue weighted by Gasteiger charge is -2.36. The number of benzene rings is 3. The monoisotopic (exact) mass is 541 g/mol. The molecule has 2 N–H and O–H groups in total. The molecule has 3 aromatic rings. The molecule has 1 atom stereocenters. The Labute approximate surface area is 211 Å². The second-order valence-corrected chi connectivity index (χ2v) is 8.43. The van der Waals surface area contributed by atoms with E-state index in [1.54, 1.807) is 41.7 Å². The molecule has 0 aliphatic rings. The fourth-order valence-electron chi connectivity index (χ4n) is 4.03. The SMILES string of the molecule is N#Cc1cc(F)cc([C@@](CNC(=O)NCC(F)(F)F)(Cc2ccccc2)c2ccc(F)c(C(F)(F)F)c2)c1. The van der Waals surface area contributed by atoms with Crippen molar-refractivity contribution in [3.8, 4) is 6.07 Å². The number of alkyl halides is 6. The van der Waals surface area contributed by atoms with Gasteiger partial charge < -0.3 is 10.6 Å². The van der Waals surface area contributed by atoms with Gasteiger partial charge >= 0.3 is 18.4 Å². The minimum absolute atomic E-state index is 0.0613. The molecule has 0 bridgehead atoms. The van der Waals surface area contributed by atoms with E-state index in [4.69, 9.17) is 0 Å². The smallest absolute Gasteiger partial charge is 0.337 e. The third kappa shape index (κ3) is 7.00. The Morgan fingerprint density at radius 3 is 2.08 bits per heavy atom. The lowest BCUT2D eigenvalue weighted by Crippen LogP contribution is -2.48. The number of hydrogen-bond acceptors (Lipinski definition) is 2. The summed E-state index contributed by atoms with van der Waals surface area (Å²) in [5.41, 5.74) is -3.40. The molecule has 0 fully saturated rings. The van der Waals surface area contributed by atoms with Crippen molar-refractivity contribution in [1.29, 1.82) is 5.26 Å². The van der Waals surface area contributed by atoms with Crippen LogP contribution in [0.25, 0.3) is 0 Å². The average molecular weight is 541 g/mol. The third-order valence-electron chi connectivity index (χ3n) is 5.75. The zero-order chi connectivity index (χ0) is 28.1. The van der Waals surface area contributed by atoms with Crippen LogP contribution in [0.4, 0.5) is 39.9 Å². The quantitative estimate of drug-likeness (QED) is 0.348. The first-order valence-electron chi connectivity index (χ1n) is 10.9. The van der Waals surface area contributed by atoms with Gasteiger partial charge in [-0.1, -0.05) is 36.4 Å². The molecule has 0 unspecified atom stereocenters. The van der Waals surface area contributed by atoms with E-state index in [9.17, 15) is 45.2 Å². The number of urea groups is 1. The highest BCUT2D eigenvalue weighted by Gasteiger charge is 2.40. The van der Waals surface area contributed by atoms with Crippen molar-refractivity contribution in [2.24, 2.45) is 0 Å². The van der Waals surface area contributed by atoms with E-state index in [0.717, 1.165) is 18.2 Å². The average Bonchev–Trinajstić information content (AvgIpc) is 2.84. The first kappa shape index (κ1) is 28.4. The van der Waals surface area contributed by atoms with Crippen molar-refractivity contribution in [2.75, 3.05) is 13.1 Å². The highest BCUT2D eigenvalue weighted by molar-refractivity contribution is 5.74. The maximum absolute atomic E-state index is 14.6. The van der Waals surface area contributed by atoms with Crippen molar-refractivity contribution < 1.29 is 39.9 Å². The summed E-state index contributed by atoms with van der Waals surface area (Å²) in [5, 5.41) is 13.2. The van der Waals surface area contributed by atoms with Crippen LogP contribution in [-0.2, 0) is 18.0 Å². The third-order valence-corrected chi connectivity index (χ3v) is 5.75.